The molecular formula is C24H24F3N5O. The molecule has 2 heterocycles. The Kier molecular flexibility index (Phi) is 5.45. The summed E-state index contributed by atoms with van der Waals surface area (Å²) in [7, 11) is 0. The highest BCUT2D eigenvalue weighted by molar-refractivity contribution is 5.96. The second-order valence-electron chi connectivity index (χ2n) is 8.90. The van der Waals surface area contributed by atoms with Crippen molar-refractivity contribution in [3.8, 4) is 6.07 Å². The van der Waals surface area contributed by atoms with Gasteiger partial charge in [-0.1, -0.05) is 12.1 Å². The van der Waals surface area contributed by atoms with Crippen LogP contribution in [0.4, 0.5) is 24.7 Å². The second kappa shape index (κ2) is 7.89. The number of rotatable bonds is 4. The molecule has 33 heavy (non-hydrogen) atoms. The molecule has 0 amide bonds. The third-order valence-electron chi connectivity index (χ3n) is 6.11. The van der Waals surface area contributed by atoms with Crippen LogP contribution in [-0.4, -0.2) is 34.0 Å². The van der Waals surface area contributed by atoms with Gasteiger partial charge in [0.15, 0.2) is 5.82 Å². The molecule has 172 valence electrons. The van der Waals surface area contributed by atoms with Crippen LogP contribution in [0.2, 0.25) is 0 Å². The zero-order chi connectivity index (χ0) is 24.1. The molecule has 0 bridgehead atoms. The van der Waals surface area contributed by atoms with Crippen LogP contribution in [0.5, 0.6) is 0 Å². The fourth-order valence-electron chi connectivity index (χ4n) is 4.38. The summed E-state index contributed by atoms with van der Waals surface area (Å²) in [5.41, 5.74) is 0.873. The third kappa shape index (κ3) is 4.18. The molecule has 9 heteroatoms. The lowest BCUT2D eigenvalue weighted by Crippen LogP contribution is -2.60. The molecular weight excluding hydrogens is 431 g/mol. The molecule has 1 aliphatic rings. The van der Waals surface area contributed by atoms with Gasteiger partial charge in [0.25, 0.3) is 0 Å². The van der Waals surface area contributed by atoms with Gasteiger partial charge in [-0.05, 0) is 57.0 Å². The minimum absolute atomic E-state index is 0.00675. The van der Waals surface area contributed by atoms with Gasteiger partial charge in [0.2, 0.25) is 0 Å². The Bertz CT molecular complexity index is 1270. The highest BCUT2D eigenvalue weighted by atomic mass is 19.4. The largest absolute Gasteiger partial charge is 0.418 e. The van der Waals surface area contributed by atoms with Crippen molar-refractivity contribution in [2.45, 2.75) is 45.5 Å². The van der Waals surface area contributed by atoms with Crippen molar-refractivity contribution in [2.24, 2.45) is 0 Å². The van der Waals surface area contributed by atoms with Crippen molar-refractivity contribution < 1.29 is 18.3 Å². The van der Waals surface area contributed by atoms with E-state index in [1.807, 2.05) is 19.9 Å². The molecule has 0 radical (unpaired) electrons. The van der Waals surface area contributed by atoms with Crippen LogP contribution in [0, 0.1) is 25.2 Å². The van der Waals surface area contributed by atoms with E-state index in [4.69, 9.17) is 0 Å². The van der Waals surface area contributed by atoms with Gasteiger partial charge >= 0.3 is 6.18 Å². The summed E-state index contributed by atoms with van der Waals surface area (Å²) < 4.78 is 41.7. The first-order valence-electron chi connectivity index (χ1n) is 10.5. The van der Waals surface area contributed by atoms with Crippen LogP contribution in [0.1, 0.15) is 47.8 Å². The van der Waals surface area contributed by atoms with Gasteiger partial charge in [-0.3, -0.25) is 0 Å². The zero-order valence-corrected chi connectivity index (χ0v) is 18.7. The molecule has 0 aliphatic carbocycles. The van der Waals surface area contributed by atoms with Crippen molar-refractivity contribution in [3.05, 3.63) is 58.3 Å². The monoisotopic (exact) mass is 455 g/mol. The predicted octanol–water partition coefficient (Wildman–Crippen LogP) is 4.88. The highest BCUT2D eigenvalue weighted by Gasteiger charge is 2.42. The van der Waals surface area contributed by atoms with Gasteiger partial charge in [-0.25, -0.2) is 0 Å². The predicted molar refractivity (Wildman–Crippen MR) is 120 cm³/mol. The molecule has 1 atom stereocenters. The molecule has 1 aliphatic heterocycles. The Labute approximate surface area is 189 Å². The first kappa shape index (κ1) is 22.8. The normalized spacial score (nSPS) is 16.3. The van der Waals surface area contributed by atoms with E-state index in [-0.39, 0.29) is 24.8 Å². The van der Waals surface area contributed by atoms with Crippen molar-refractivity contribution in [3.63, 3.8) is 0 Å². The van der Waals surface area contributed by atoms with Gasteiger partial charge in [-0.15, -0.1) is 5.10 Å². The van der Waals surface area contributed by atoms with Crippen molar-refractivity contribution in [2.75, 3.05) is 23.3 Å². The van der Waals surface area contributed by atoms with Crippen LogP contribution < -0.4 is 10.2 Å². The second-order valence-corrected chi connectivity index (χ2v) is 8.90. The average molecular weight is 455 g/mol. The zero-order valence-electron chi connectivity index (χ0n) is 18.7. The van der Waals surface area contributed by atoms with E-state index in [2.05, 4.69) is 21.6 Å². The van der Waals surface area contributed by atoms with E-state index in [9.17, 15) is 23.5 Å². The molecule has 2 N–H and O–H groups in total. The Morgan fingerprint density at radius 1 is 1.18 bits per heavy atom. The maximum absolute atomic E-state index is 13.9. The van der Waals surface area contributed by atoms with Crippen LogP contribution in [0.3, 0.4) is 0 Å². The summed E-state index contributed by atoms with van der Waals surface area (Å²) >= 11 is 0. The molecule has 4 rings (SSSR count). The molecule has 1 fully saturated rings. The lowest BCUT2D eigenvalue weighted by Gasteiger charge is -2.46. The Morgan fingerprint density at radius 2 is 1.88 bits per heavy atom. The summed E-state index contributed by atoms with van der Waals surface area (Å²) in [4.78, 5) is 1.52. The molecule has 6 nitrogen and oxygen atoms in total. The Balaban J connectivity index is 1.82. The quantitative estimate of drug-likeness (QED) is 0.583. The van der Waals surface area contributed by atoms with Crippen LogP contribution in [-0.2, 0) is 6.18 Å². The maximum atomic E-state index is 13.9. The van der Waals surface area contributed by atoms with Gasteiger partial charge in [0, 0.05) is 29.5 Å². The van der Waals surface area contributed by atoms with E-state index in [0.29, 0.717) is 27.8 Å². The molecule has 3 aromatic rings. The van der Waals surface area contributed by atoms with Crippen LogP contribution in [0.15, 0.2) is 30.3 Å². The summed E-state index contributed by atoms with van der Waals surface area (Å²) in [5, 5.41) is 31.8. The van der Waals surface area contributed by atoms with E-state index in [0.717, 1.165) is 17.2 Å². The molecule has 1 saturated heterocycles. The topological polar surface area (TPSA) is 85.1 Å². The van der Waals surface area contributed by atoms with Crippen LogP contribution >= 0.6 is 0 Å². The average Bonchev–Trinajstić information content (AvgIpc) is 2.72. The number of aromatic nitrogens is 2. The highest BCUT2D eigenvalue weighted by Crippen LogP contribution is 2.43. The summed E-state index contributed by atoms with van der Waals surface area (Å²) in [6.07, 6.45) is -4.56. The number of hydrogen-bond acceptors (Lipinski definition) is 6. The molecule has 1 unspecified atom stereocenters. The lowest BCUT2D eigenvalue weighted by molar-refractivity contribution is -0.137. The number of nitrogens with zero attached hydrogens (tertiary/aromatic N) is 4. The van der Waals surface area contributed by atoms with Gasteiger partial charge in [-0.2, -0.15) is 23.5 Å². The number of nitriles is 1. The lowest BCUT2D eigenvalue weighted by atomic mass is 9.93. The number of benzene rings is 2. The minimum Gasteiger partial charge on any atom is -0.386 e. The van der Waals surface area contributed by atoms with E-state index in [1.165, 1.54) is 11.0 Å². The van der Waals surface area contributed by atoms with Crippen molar-refractivity contribution in [1.29, 1.82) is 5.26 Å². The van der Waals surface area contributed by atoms with E-state index in [1.54, 1.807) is 26.0 Å². The molecule has 1 aromatic heterocycles. The van der Waals surface area contributed by atoms with Crippen molar-refractivity contribution >= 4 is 22.3 Å². The summed E-state index contributed by atoms with van der Waals surface area (Å²) in [6.45, 7) is 7.19. The molecule has 0 spiro atoms. The number of nitrogens with one attached hydrogen (secondary N) is 1. The number of halogens is 3. The van der Waals surface area contributed by atoms with Crippen molar-refractivity contribution in [1.82, 2.24) is 10.2 Å². The smallest absolute Gasteiger partial charge is 0.386 e. The Hall–Kier alpha value is -3.38. The molecule has 2 aromatic carbocycles. The third-order valence-corrected chi connectivity index (χ3v) is 6.11. The number of β-amino-alcohol motifs (C(OH)–C–C–N with tert-alkyl or cyclic N) is 1. The minimum atomic E-state index is -4.56. The Morgan fingerprint density at radius 3 is 2.48 bits per heavy atom. The fraction of sp³-hybridized carbons (Fsp3) is 0.375. The van der Waals surface area contributed by atoms with Gasteiger partial charge in [0.05, 0.1) is 34.5 Å². The fourth-order valence-corrected chi connectivity index (χ4v) is 4.38. The summed E-state index contributed by atoms with van der Waals surface area (Å²) in [6, 6.07) is 9.90. The number of fused-ring (bicyclic) bond motifs is 1. The van der Waals surface area contributed by atoms with Crippen LogP contribution in [0.25, 0.3) is 10.8 Å². The number of aliphatic hydroxyl groups is 1. The van der Waals surface area contributed by atoms with E-state index >= 15 is 0 Å². The van der Waals surface area contributed by atoms with E-state index < -0.39 is 17.3 Å². The number of anilines is 2. The first-order chi connectivity index (χ1) is 15.4. The van der Waals surface area contributed by atoms with Gasteiger partial charge in [0.1, 0.15) is 0 Å². The number of alkyl halides is 3. The standard InChI is InChI=1S/C24H24F3N5O/c1-13-16(10-28)6-5-7-17(13)14(2)29-22-19-9-21(32-11-23(4,33)12-32)20(24(25,26)27)8-18(19)15(3)30-31-22/h5-9,14,33H,11-12H2,1-4H3,(H,29,31). The SMILES string of the molecule is Cc1c(C#N)cccc1C(C)Nc1nnc(C)c2cc(C(F)(F)F)c(N3CC(C)(O)C3)cc12. The number of hydrogen-bond donors (Lipinski definition) is 2. The first-order valence-corrected chi connectivity index (χ1v) is 10.5. The maximum Gasteiger partial charge on any atom is 0.418 e. The molecule has 0 saturated carbocycles. The number of aryl methyl sites for hydroxylation is 1. The van der Waals surface area contributed by atoms with Gasteiger partial charge < -0.3 is 15.3 Å². The summed E-state index contributed by atoms with van der Waals surface area (Å²) in [5.74, 6) is 0.354.